The third-order valence-electron chi connectivity index (χ3n) is 4.88. The van der Waals surface area contributed by atoms with E-state index in [1.165, 1.54) is 0 Å². The van der Waals surface area contributed by atoms with Gasteiger partial charge in [-0.2, -0.15) is 13.2 Å². The molecule has 0 aliphatic carbocycles. The second kappa shape index (κ2) is 7.16. The number of halogens is 4. The summed E-state index contributed by atoms with van der Waals surface area (Å²) < 4.78 is 64.6. The number of aromatic nitrogens is 1. The van der Waals surface area contributed by atoms with Crippen LogP contribution < -0.4 is 4.90 Å². The van der Waals surface area contributed by atoms with Crippen LogP contribution in [0, 0.1) is 0 Å². The molecule has 0 bridgehead atoms. The standard InChI is InChI=1S/C17H18ClF3N2O3S2/c1-10-4-3-9-23(10)15-22-14(13(18)27-15)28(25,26)12-7-5-11(6-8-12)16(2,24)17(19,20)21/h5-8,10,24H,3-4,9H2,1-2H3. The SMILES string of the molecule is CC1CCCN1c1nc(S(=O)(=O)c2ccc(C(C)(O)C(F)(F)F)cc2)c(Cl)s1. The Morgan fingerprint density at radius 3 is 2.39 bits per heavy atom. The first-order valence-corrected chi connectivity index (χ1v) is 11.1. The summed E-state index contributed by atoms with van der Waals surface area (Å²) >= 11 is 7.19. The van der Waals surface area contributed by atoms with E-state index >= 15 is 0 Å². The zero-order valence-electron chi connectivity index (χ0n) is 15.0. The van der Waals surface area contributed by atoms with Crippen molar-refractivity contribution in [1.29, 1.82) is 0 Å². The Morgan fingerprint density at radius 1 is 1.29 bits per heavy atom. The summed E-state index contributed by atoms with van der Waals surface area (Å²) in [6.07, 6.45) is -2.95. The van der Waals surface area contributed by atoms with Crippen molar-refractivity contribution in [3.63, 3.8) is 0 Å². The van der Waals surface area contributed by atoms with Crippen LogP contribution >= 0.6 is 22.9 Å². The molecule has 1 fully saturated rings. The molecule has 2 atom stereocenters. The Bertz CT molecular complexity index is 973. The molecule has 0 spiro atoms. The van der Waals surface area contributed by atoms with Crippen molar-refractivity contribution < 1.29 is 26.7 Å². The van der Waals surface area contributed by atoms with Crippen molar-refractivity contribution in [2.45, 2.75) is 54.4 Å². The van der Waals surface area contributed by atoms with Gasteiger partial charge in [-0.1, -0.05) is 35.1 Å². The summed E-state index contributed by atoms with van der Waals surface area (Å²) in [4.78, 5) is 5.93. The molecule has 1 aromatic heterocycles. The van der Waals surface area contributed by atoms with E-state index in [-0.39, 0.29) is 20.3 Å². The normalized spacial score (nSPS) is 20.4. The molecule has 11 heteroatoms. The smallest absolute Gasteiger partial charge is 0.376 e. The number of aliphatic hydroxyl groups is 1. The summed E-state index contributed by atoms with van der Waals surface area (Å²) in [5.41, 5.74) is -3.55. The molecule has 154 valence electrons. The highest BCUT2D eigenvalue weighted by molar-refractivity contribution is 7.91. The molecule has 2 aromatic rings. The number of hydrogen-bond donors (Lipinski definition) is 1. The molecule has 1 N–H and O–H groups in total. The van der Waals surface area contributed by atoms with Gasteiger partial charge in [0.1, 0.15) is 4.34 Å². The van der Waals surface area contributed by atoms with Gasteiger partial charge in [-0.3, -0.25) is 0 Å². The predicted molar refractivity (Wildman–Crippen MR) is 101 cm³/mol. The van der Waals surface area contributed by atoms with Crippen LogP contribution in [0.15, 0.2) is 34.2 Å². The average molecular weight is 455 g/mol. The van der Waals surface area contributed by atoms with E-state index in [9.17, 15) is 26.7 Å². The van der Waals surface area contributed by atoms with E-state index in [1.54, 1.807) is 0 Å². The number of hydrogen-bond acceptors (Lipinski definition) is 6. The zero-order chi connectivity index (χ0) is 20.9. The Hall–Kier alpha value is -1.36. The lowest BCUT2D eigenvalue weighted by molar-refractivity contribution is -0.258. The van der Waals surface area contributed by atoms with Gasteiger partial charge in [0.15, 0.2) is 15.8 Å². The number of alkyl halides is 3. The fraction of sp³-hybridized carbons (Fsp3) is 0.471. The van der Waals surface area contributed by atoms with Crippen LogP contribution in [0.2, 0.25) is 4.34 Å². The molecule has 0 amide bonds. The minimum atomic E-state index is -4.90. The number of benzene rings is 1. The van der Waals surface area contributed by atoms with Crippen LogP contribution in [-0.4, -0.2) is 37.3 Å². The molecule has 0 saturated carbocycles. The zero-order valence-corrected chi connectivity index (χ0v) is 17.4. The summed E-state index contributed by atoms with van der Waals surface area (Å²) in [7, 11) is -4.12. The highest BCUT2D eigenvalue weighted by Crippen LogP contribution is 2.40. The van der Waals surface area contributed by atoms with Gasteiger partial charge < -0.3 is 10.0 Å². The highest BCUT2D eigenvalue weighted by atomic mass is 35.5. The minimum Gasteiger partial charge on any atom is -0.376 e. The van der Waals surface area contributed by atoms with E-state index < -0.39 is 27.2 Å². The van der Waals surface area contributed by atoms with Gasteiger partial charge in [0.2, 0.25) is 9.84 Å². The van der Waals surface area contributed by atoms with E-state index in [1.807, 2.05) is 11.8 Å². The summed E-state index contributed by atoms with van der Waals surface area (Å²) in [5, 5.41) is 9.90. The van der Waals surface area contributed by atoms with Gasteiger partial charge in [0.05, 0.1) is 4.90 Å². The molecule has 3 rings (SSSR count). The maximum atomic E-state index is 13.0. The van der Waals surface area contributed by atoms with Crippen molar-refractivity contribution >= 4 is 37.9 Å². The molecule has 1 aliphatic heterocycles. The first-order chi connectivity index (χ1) is 12.9. The second-order valence-electron chi connectivity index (χ2n) is 6.86. The molecule has 1 aromatic carbocycles. The maximum absolute atomic E-state index is 13.0. The van der Waals surface area contributed by atoms with Gasteiger partial charge in [0, 0.05) is 12.6 Å². The van der Waals surface area contributed by atoms with Crippen molar-refractivity contribution in [3.05, 3.63) is 34.2 Å². The molecule has 1 saturated heterocycles. The number of thiazole rings is 1. The minimum absolute atomic E-state index is 0.000430. The largest absolute Gasteiger partial charge is 0.421 e. The van der Waals surface area contributed by atoms with Crippen LogP contribution in [0.1, 0.15) is 32.3 Å². The first-order valence-electron chi connectivity index (χ1n) is 8.43. The van der Waals surface area contributed by atoms with Crippen LogP contribution in [-0.2, 0) is 15.4 Å². The third kappa shape index (κ3) is 3.62. The van der Waals surface area contributed by atoms with Crippen LogP contribution in [0.5, 0.6) is 0 Å². The van der Waals surface area contributed by atoms with E-state index in [0.717, 1.165) is 55.0 Å². The average Bonchev–Trinajstić information content (AvgIpc) is 3.19. The predicted octanol–water partition coefficient (Wildman–Crippen LogP) is 4.39. The van der Waals surface area contributed by atoms with E-state index in [2.05, 4.69) is 4.98 Å². The Morgan fingerprint density at radius 2 is 1.89 bits per heavy atom. The van der Waals surface area contributed by atoms with E-state index in [0.29, 0.717) is 12.1 Å². The van der Waals surface area contributed by atoms with Gasteiger partial charge in [-0.15, -0.1) is 0 Å². The van der Waals surface area contributed by atoms with Gasteiger partial charge >= 0.3 is 6.18 Å². The molecule has 2 unspecified atom stereocenters. The lowest BCUT2D eigenvalue weighted by atomic mass is 9.96. The third-order valence-corrected chi connectivity index (χ3v) is 8.11. The van der Waals surface area contributed by atoms with Crippen LogP contribution in [0.25, 0.3) is 0 Å². The number of sulfone groups is 1. The molecular formula is C17H18ClF3N2O3S2. The topological polar surface area (TPSA) is 70.5 Å². The molecule has 0 radical (unpaired) electrons. The highest BCUT2D eigenvalue weighted by Gasteiger charge is 2.51. The van der Waals surface area contributed by atoms with Gasteiger partial charge in [-0.25, -0.2) is 13.4 Å². The van der Waals surface area contributed by atoms with Gasteiger partial charge in [-0.05, 0) is 44.4 Å². The maximum Gasteiger partial charge on any atom is 0.421 e. The fourth-order valence-electron chi connectivity index (χ4n) is 3.02. The van der Waals surface area contributed by atoms with Crippen molar-refractivity contribution in [3.8, 4) is 0 Å². The Labute approximate surface area is 169 Å². The summed E-state index contributed by atoms with van der Waals surface area (Å²) in [6, 6.07) is 4.12. The monoisotopic (exact) mass is 454 g/mol. The number of nitrogens with zero attached hydrogens (tertiary/aromatic N) is 2. The van der Waals surface area contributed by atoms with Crippen molar-refractivity contribution in [2.24, 2.45) is 0 Å². The summed E-state index contributed by atoms with van der Waals surface area (Å²) in [5.74, 6) is 0. The van der Waals surface area contributed by atoms with Crippen molar-refractivity contribution in [2.75, 3.05) is 11.4 Å². The lowest BCUT2D eigenvalue weighted by Crippen LogP contribution is -2.39. The molecule has 5 nitrogen and oxygen atoms in total. The number of anilines is 1. The molecule has 1 aliphatic rings. The quantitative estimate of drug-likeness (QED) is 0.742. The fourth-order valence-corrected chi connectivity index (χ4v) is 6.04. The Balaban J connectivity index is 1.95. The molecule has 2 heterocycles. The second-order valence-corrected chi connectivity index (χ2v) is 10.3. The first kappa shape index (κ1) is 21.4. The van der Waals surface area contributed by atoms with Crippen molar-refractivity contribution in [1.82, 2.24) is 4.98 Å². The van der Waals surface area contributed by atoms with Crippen LogP contribution in [0.4, 0.5) is 18.3 Å². The number of rotatable bonds is 4. The van der Waals surface area contributed by atoms with Gasteiger partial charge in [0.25, 0.3) is 0 Å². The molecule has 28 heavy (non-hydrogen) atoms. The van der Waals surface area contributed by atoms with Crippen LogP contribution in [0.3, 0.4) is 0 Å². The molecular weight excluding hydrogens is 437 g/mol. The summed E-state index contributed by atoms with van der Waals surface area (Å²) in [6.45, 7) is 3.38. The van der Waals surface area contributed by atoms with E-state index in [4.69, 9.17) is 11.6 Å². The Kier molecular flexibility index (Phi) is 5.46. The lowest BCUT2D eigenvalue weighted by Gasteiger charge is -2.26.